The molecule has 1 aromatic carbocycles. The molecular weight excluding hydrogens is 280 g/mol. The van der Waals surface area contributed by atoms with Gasteiger partial charge in [-0.1, -0.05) is 36.3 Å². The maximum absolute atomic E-state index is 11.3. The average Bonchev–Trinajstić information content (AvgIpc) is 2.55. The third kappa shape index (κ3) is 4.50. The van der Waals surface area contributed by atoms with Gasteiger partial charge in [0.2, 0.25) is 5.90 Å². The van der Waals surface area contributed by atoms with Crippen molar-refractivity contribution in [2.24, 2.45) is 4.99 Å². The summed E-state index contributed by atoms with van der Waals surface area (Å²) in [5.74, 6) is 1.94. The van der Waals surface area contributed by atoms with Crippen LogP contribution in [0.4, 0.5) is 0 Å². The third-order valence-electron chi connectivity index (χ3n) is 2.62. The van der Waals surface area contributed by atoms with Crippen molar-refractivity contribution in [3.63, 3.8) is 0 Å². The van der Waals surface area contributed by atoms with Crippen LogP contribution in [0.5, 0.6) is 0 Å². The number of rotatable bonds is 5. The molecule has 0 saturated heterocycles. The number of hydrogen-bond donors (Lipinski definition) is 0. The van der Waals surface area contributed by atoms with Gasteiger partial charge >= 0.3 is 5.97 Å². The quantitative estimate of drug-likeness (QED) is 0.274. The average molecular weight is 296 g/mol. The van der Waals surface area contributed by atoms with Crippen molar-refractivity contribution >= 4 is 17.4 Å². The van der Waals surface area contributed by atoms with E-state index in [-0.39, 0.29) is 24.7 Å². The lowest BCUT2D eigenvalue weighted by molar-refractivity contribution is -0.145. The minimum absolute atomic E-state index is 0.00681. The van der Waals surface area contributed by atoms with Crippen LogP contribution >= 0.6 is 0 Å². The van der Waals surface area contributed by atoms with Crippen molar-refractivity contribution in [2.75, 3.05) is 20.3 Å². The Hall–Kier alpha value is -3.05. The summed E-state index contributed by atoms with van der Waals surface area (Å²) in [5, 5.41) is 9.38. The molecule has 0 radical (unpaired) electrons. The molecule has 1 rings (SSSR count). The van der Waals surface area contributed by atoms with Crippen LogP contribution in [0.3, 0.4) is 0 Å². The fourth-order valence-corrected chi connectivity index (χ4v) is 1.69. The Morgan fingerprint density at radius 1 is 1.32 bits per heavy atom. The molecule has 22 heavy (non-hydrogen) atoms. The number of allylic oxidation sites excluding steroid dienone is 1. The van der Waals surface area contributed by atoms with E-state index in [1.807, 2.05) is 24.3 Å². The molecule has 0 aliphatic rings. The Bertz CT molecular complexity index is 661. The largest absolute Gasteiger partial charge is 0.465 e. The van der Waals surface area contributed by atoms with Gasteiger partial charge in [-0.25, -0.2) is 4.79 Å². The Morgan fingerprint density at radius 2 is 2.00 bits per heavy atom. The van der Waals surface area contributed by atoms with Crippen LogP contribution < -0.4 is 0 Å². The first kappa shape index (κ1) is 17.0. The van der Waals surface area contributed by atoms with E-state index < -0.39 is 5.97 Å². The molecule has 0 bridgehead atoms. The lowest BCUT2D eigenvalue weighted by Gasteiger charge is -2.09. The van der Waals surface area contributed by atoms with Crippen molar-refractivity contribution in [3.05, 3.63) is 41.5 Å². The minimum atomic E-state index is -0.539. The highest BCUT2D eigenvalue weighted by molar-refractivity contribution is 6.08. The van der Waals surface area contributed by atoms with Gasteiger partial charge in [0, 0.05) is 7.05 Å². The van der Waals surface area contributed by atoms with Gasteiger partial charge in [0.05, 0.1) is 12.2 Å². The van der Waals surface area contributed by atoms with E-state index in [1.54, 1.807) is 19.1 Å². The Kier molecular flexibility index (Phi) is 6.95. The van der Waals surface area contributed by atoms with Crippen molar-refractivity contribution in [1.82, 2.24) is 0 Å². The van der Waals surface area contributed by atoms with Gasteiger partial charge in [0.25, 0.3) is 0 Å². The molecule has 112 valence electrons. The number of esters is 1. The zero-order valence-corrected chi connectivity index (χ0v) is 12.5. The first-order valence-corrected chi connectivity index (χ1v) is 6.59. The summed E-state index contributed by atoms with van der Waals surface area (Å²) in [7, 11) is 1.46. The molecular formula is C17H16N2O3. The molecule has 0 atom stereocenters. The number of benzene rings is 1. The molecule has 0 aliphatic carbocycles. The second kappa shape index (κ2) is 8.99. The normalized spacial score (nSPS) is 11.7. The van der Waals surface area contributed by atoms with Gasteiger partial charge in [-0.05, 0) is 12.5 Å². The number of terminal acetylenes is 1. The van der Waals surface area contributed by atoms with Gasteiger partial charge in [0.1, 0.15) is 11.6 Å². The first-order chi connectivity index (χ1) is 10.7. The standard InChI is InChI=1S/C17H16N2O3/c1-4-14(13-9-7-6-8-10-13)15(11-18)17(19-3)22-12-16(20)21-5-2/h1,6-10H,5,12H2,2-3H3/b15-14+,19-17+. The topological polar surface area (TPSA) is 71.7 Å². The van der Waals surface area contributed by atoms with Crippen LogP contribution in [0, 0.1) is 23.7 Å². The van der Waals surface area contributed by atoms with Gasteiger partial charge in [-0.2, -0.15) is 5.26 Å². The maximum atomic E-state index is 11.3. The maximum Gasteiger partial charge on any atom is 0.344 e. The van der Waals surface area contributed by atoms with Crippen molar-refractivity contribution in [1.29, 1.82) is 5.26 Å². The summed E-state index contributed by atoms with van der Waals surface area (Å²) in [6.45, 7) is 1.61. The lowest BCUT2D eigenvalue weighted by Crippen LogP contribution is -2.18. The molecule has 0 heterocycles. The fraction of sp³-hybridized carbons (Fsp3) is 0.235. The number of nitrogens with zero attached hydrogens (tertiary/aromatic N) is 2. The Morgan fingerprint density at radius 3 is 2.50 bits per heavy atom. The van der Waals surface area contributed by atoms with Crippen molar-refractivity contribution in [3.8, 4) is 18.4 Å². The van der Waals surface area contributed by atoms with Crippen LogP contribution in [0.15, 0.2) is 40.9 Å². The smallest absolute Gasteiger partial charge is 0.344 e. The minimum Gasteiger partial charge on any atom is -0.465 e. The predicted molar refractivity (Wildman–Crippen MR) is 83.8 cm³/mol. The number of carbonyl (C=O) groups is 1. The molecule has 0 unspecified atom stereocenters. The van der Waals surface area contributed by atoms with Crippen LogP contribution in [-0.4, -0.2) is 32.1 Å². The Labute approximate surface area is 129 Å². The fourth-order valence-electron chi connectivity index (χ4n) is 1.69. The van der Waals surface area contributed by atoms with E-state index in [9.17, 15) is 10.1 Å². The van der Waals surface area contributed by atoms with E-state index >= 15 is 0 Å². The molecule has 0 aliphatic heterocycles. The zero-order chi connectivity index (χ0) is 16.4. The molecule has 0 amide bonds. The van der Waals surface area contributed by atoms with Crippen LogP contribution in [0.25, 0.3) is 5.57 Å². The van der Waals surface area contributed by atoms with Gasteiger partial charge in [-0.15, -0.1) is 6.42 Å². The van der Waals surface area contributed by atoms with Crippen LogP contribution in [-0.2, 0) is 14.3 Å². The summed E-state index contributed by atoms with van der Waals surface area (Å²) in [6.07, 6.45) is 5.52. The first-order valence-electron chi connectivity index (χ1n) is 6.59. The van der Waals surface area contributed by atoms with Gasteiger partial charge < -0.3 is 9.47 Å². The highest BCUT2D eigenvalue weighted by Gasteiger charge is 2.16. The number of aliphatic imine (C=N–C) groups is 1. The van der Waals surface area contributed by atoms with Gasteiger partial charge in [0.15, 0.2) is 6.61 Å². The van der Waals surface area contributed by atoms with E-state index in [2.05, 4.69) is 10.9 Å². The molecule has 0 spiro atoms. The van der Waals surface area contributed by atoms with E-state index in [0.717, 1.165) is 0 Å². The second-order valence-corrected chi connectivity index (χ2v) is 3.99. The molecule has 0 saturated carbocycles. The molecule has 5 heteroatoms. The number of nitriles is 1. The Balaban J connectivity index is 3.11. The molecule has 0 N–H and O–H groups in total. The summed E-state index contributed by atoms with van der Waals surface area (Å²) >= 11 is 0. The second-order valence-electron chi connectivity index (χ2n) is 3.99. The summed E-state index contributed by atoms with van der Waals surface area (Å²) in [5.41, 5.74) is 1.15. The highest BCUT2D eigenvalue weighted by Crippen LogP contribution is 2.19. The predicted octanol–water partition coefficient (Wildman–Crippen LogP) is 2.20. The van der Waals surface area contributed by atoms with Crippen LogP contribution in [0.2, 0.25) is 0 Å². The number of hydrogen-bond acceptors (Lipinski definition) is 5. The number of carbonyl (C=O) groups excluding carboxylic acids is 1. The molecule has 1 aromatic rings. The van der Waals surface area contributed by atoms with E-state index in [0.29, 0.717) is 11.1 Å². The molecule has 0 fully saturated rings. The van der Waals surface area contributed by atoms with E-state index in [1.165, 1.54) is 7.05 Å². The monoisotopic (exact) mass is 296 g/mol. The lowest BCUT2D eigenvalue weighted by atomic mass is 10.0. The van der Waals surface area contributed by atoms with Gasteiger partial charge in [-0.3, -0.25) is 4.99 Å². The van der Waals surface area contributed by atoms with Crippen LogP contribution in [0.1, 0.15) is 12.5 Å². The molecule has 0 aromatic heterocycles. The number of ether oxygens (including phenoxy) is 2. The van der Waals surface area contributed by atoms with Crippen molar-refractivity contribution in [2.45, 2.75) is 6.92 Å². The highest BCUT2D eigenvalue weighted by atomic mass is 16.6. The van der Waals surface area contributed by atoms with Crippen molar-refractivity contribution < 1.29 is 14.3 Å². The van der Waals surface area contributed by atoms with E-state index in [4.69, 9.17) is 15.9 Å². The zero-order valence-electron chi connectivity index (χ0n) is 12.5. The molecule has 5 nitrogen and oxygen atoms in total. The third-order valence-corrected chi connectivity index (χ3v) is 2.62. The summed E-state index contributed by atoms with van der Waals surface area (Å²) in [4.78, 5) is 15.2. The summed E-state index contributed by atoms with van der Waals surface area (Å²) in [6, 6.07) is 11.0. The SMILES string of the molecule is C#C/C(=C(C#N)\C(=N/C)OCC(=O)OCC)c1ccccc1. The summed E-state index contributed by atoms with van der Waals surface area (Å²) < 4.78 is 10.0.